The molecule has 0 saturated carbocycles. The lowest BCUT2D eigenvalue weighted by Gasteiger charge is -2.37. The van der Waals surface area contributed by atoms with Gasteiger partial charge in [-0.1, -0.05) is 30.3 Å². The van der Waals surface area contributed by atoms with E-state index in [2.05, 4.69) is 11.9 Å². The minimum absolute atomic E-state index is 0. The Labute approximate surface area is 144 Å². The summed E-state index contributed by atoms with van der Waals surface area (Å²) in [6.07, 6.45) is 4.20. The Hall–Kier alpha value is -1.10. The number of nitrogens with zero attached hydrogens (tertiary/aromatic N) is 1. The normalized spacial score (nSPS) is 29.4. The average Bonchev–Trinajstić information content (AvgIpc) is 2.76. The summed E-state index contributed by atoms with van der Waals surface area (Å²) in [6, 6.07) is 10.5. The number of carbonyl (C=O) groups is 1. The van der Waals surface area contributed by atoms with Crippen molar-refractivity contribution in [1.82, 2.24) is 4.90 Å². The highest BCUT2D eigenvalue weighted by atomic mass is 35.5. The van der Waals surface area contributed by atoms with Crippen LogP contribution in [0.5, 0.6) is 0 Å². The Balaban J connectivity index is 0.00000192. The molecule has 2 saturated heterocycles. The second-order valence-corrected chi connectivity index (χ2v) is 6.91. The second kappa shape index (κ2) is 7.20. The summed E-state index contributed by atoms with van der Waals surface area (Å²) < 4.78 is 5.81. The third kappa shape index (κ3) is 3.39. The average molecular weight is 340 g/mol. The summed E-state index contributed by atoms with van der Waals surface area (Å²) in [5.41, 5.74) is -0.178. The van der Waals surface area contributed by atoms with E-state index in [4.69, 9.17) is 4.74 Å². The van der Waals surface area contributed by atoms with Crippen molar-refractivity contribution in [1.29, 1.82) is 0 Å². The Morgan fingerprint density at radius 2 is 1.83 bits per heavy atom. The first-order valence-corrected chi connectivity index (χ1v) is 8.14. The van der Waals surface area contributed by atoms with Crippen LogP contribution in [-0.2, 0) is 14.9 Å². The number of ether oxygens (including phenoxy) is 1. The van der Waals surface area contributed by atoms with Gasteiger partial charge >= 0.3 is 5.97 Å². The Bertz CT molecular complexity index is 524. The van der Waals surface area contributed by atoms with Gasteiger partial charge in [0, 0.05) is 12.1 Å². The molecular formula is C18H26ClNO3. The third-order valence-corrected chi connectivity index (χ3v) is 5.51. The minimum atomic E-state index is -0.982. The van der Waals surface area contributed by atoms with Crippen LogP contribution in [0, 0.1) is 0 Å². The number of rotatable bonds is 4. The van der Waals surface area contributed by atoms with E-state index in [1.807, 2.05) is 30.3 Å². The van der Waals surface area contributed by atoms with Crippen molar-refractivity contribution >= 4 is 18.4 Å². The molecule has 0 aliphatic carbocycles. The largest absolute Gasteiger partial charge is 0.462 e. The van der Waals surface area contributed by atoms with Crippen molar-refractivity contribution in [2.45, 2.75) is 56.2 Å². The molecule has 4 nitrogen and oxygen atoms in total. The maximum Gasteiger partial charge on any atom is 0.318 e. The van der Waals surface area contributed by atoms with E-state index in [0.29, 0.717) is 12.1 Å². The molecule has 2 heterocycles. The monoisotopic (exact) mass is 339 g/mol. The number of piperidine rings is 1. The van der Waals surface area contributed by atoms with Gasteiger partial charge in [-0.2, -0.15) is 0 Å². The highest BCUT2D eigenvalue weighted by Crippen LogP contribution is 2.36. The lowest BCUT2D eigenvalue weighted by Crippen LogP contribution is -2.46. The van der Waals surface area contributed by atoms with Gasteiger partial charge in [0.15, 0.2) is 0 Å². The van der Waals surface area contributed by atoms with Crippen LogP contribution in [0.4, 0.5) is 0 Å². The molecular weight excluding hydrogens is 314 g/mol. The van der Waals surface area contributed by atoms with E-state index < -0.39 is 5.41 Å². The molecule has 0 radical (unpaired) electrons. The molecule has 3 atom stereocenters. The van der Waals surface area contributed by atoms with Crippen molar-refractivity contribution in [3.05, 3.63) is 35.9 Å². The molecule has 2 aliphatic rings. The fourth-order valence-electron chi connectivity index (χ4n) is 3.82. The van der Waals surface area contributed by atoms with Crippen molar-refractivity contribution in [3.8, 4) is 0 Å². The molecule has 1 aromatic carbocycles. The van der Waals surface area contributed by atoms with Gasteiger partial charge in [-0.15, -0.1) is 12.4 Å². The van der Waals surface area contributed by atoms with E-state index in [9.17, 15) is 9.90 Å². The smallest absolute Gasteiger partial charge is 0.318 e. The zero-order valence-corrected chi connectivity index (χ0v) is 14.6. The van der Waals surface area contributed by atoms with Crippen LogP contribution in [0.1, 0.15) is 38.2 Å². The molecule has 3 rings (SSSR count). The summed E-state index contributed by atoms with van der Waals surface area (Å²) in [7, 11) is 2.17. The summed E-state index contributed by atoms with van der Waals surface area (Å²) >= 11 is 0. The van der Waals surface area contributed by atoms with Gasteiger partial charge in [0.2, 0.25) is 0 Å². The van der Waals surface area contributed by atoms with Gasteiger partial charge in [0.25, 0.3) is 0 Å². The molecule has 1 aromatic rings. The first-order valence-electron chi connectivity index (χ1n) is 8.14. The summed E-state index contributed by atoms with van der Waals surface area (Å²) in [4.78, 5) is 15.1. The molecule has 2 bridgehead atoms. The summed E-state index contributed by atoms with van der Waals surface area (Å²) in [5.74, 6) is -0.310. The second-order valence-electron chi connectivity index (χ2n) is 6.91. The Morgan fingerprint density at radius 1 is 1.26 bits per heavy atom. The lowest BCUT2D eigenvalue weighted by molar-refractivity contribution is -0.160. The predicted molar refractivity (Wildman–Crippen MR) is 91.8 cm³/mol. The van der Waals surface area contributed by atoms with Crippen molar-refractivity contribution in [2.24, 2.45) is 0 Å². The van der Waals surface area contributed by atoms with E-state index >= 15 is 0 Å². The quantitative estimate of drug-likeness (QED) is 0.856. The third-order valence-electron chi connectivity index (χ3n) is 5.51. The highest BCUT2D eigenvalue weighted by Gasteiger charge is 2.43. The van der Waals surface area contributed by atoms with Crippen LogP contribution >= 0.6 is 12.4 Å². The van der Waals surface area contributed by atoms with E-state index in [-0.39, 0.29) is 31.1 Å². The van der Waals surface area contributed by atoms with Crippen LogP contribution in [0.25, 0.3) is 0 Å². The van der Waals surface area contributed by atoms with Gasteiger partial charge in [-0.05, 0) is 45.2 Å². The maximum atomic E-state index is 12.7. The van der Waals surface area contributed by atoms with Gasteiger partial charge in [-0.3, -0.25) is 4.79 Å². The first-order chi connectivity index (χ1) is 10.5. The molecule has 2 aliphatic heterocycles. The van der Waals surface area contributed by atoms with Crippen molar-refractivity contribution < 1.29 is 14.6 Å². The van der Waals surface area contributed by atoms with Crippen LogP contribution in [0.2, 0.25) is 0 Å². The standard InChI is InChI=1S/C18H25NO3.ClH/c1-18(12-20,13-6-4-3-5-7-13)17(21)22-16-10-14-8-9-15(11-16)19(14)2;/h3-7,14-16,20H,8-12H2,1-2H3;1H/t14?,15?,16?,18-;/m1./s1. The van der Waals surface area contributed by atoms with Crippen molar-refractivity contribution in [3.63, 3.8) is 0 Å². The van der Waals surface area contributed by atoms with Crippen molar-refractivity contribution in [2.75, 3.05) is 13.7 Å². The number of carbonyl (C=O) groups excluding carboxylic acids is 1. The topological polar surface area (TPSA) is 49.8 Å². The van der Waals surface area contributed by atoms with Crippen LogP contribution in [0.15, 0.2) is 30.3 Å². The molecule has 5 heteroatoms. The van der Waals surface area contributed by atoms with Crippen LogP contribution in [0.3, 0.4) is 0 Å². The molecule has 128 valence electrons. The number of aliphatic hydroxyl groups excluding tert-OH is 1. The fraction of sp³-hybridized carbons (Fsp3) is 0.611. The van der Waals surface area contributed by atoms with Gasteiger partial charge in [0.1, 0.15) is 11.5 Å². The SMILES string of the molecule is CN1C2CCC1CC(OC(=O)[C@](C)(CO)c1ccccc1)C2.Cl. The number of hydrogen-bond donors (Lipinski definition) is 1. The Kier molecular flexibility index (Phi) is 5.71. The molecule has 1 N–H and O–H groups in total. The van der Waals surface area contributed by atoms with E-state index in [1.54, 1.807) is 6.92 Å². The van der Waals surface area contributed by atoms with Gasteiger partial charge < -0.3 is 14.7 Å². The molecule has 2 fully saturated rings. The highest BCUT2D eigenvalue weighted by molar-refractivity contribution is 5.85. The number of fused-ring (bicyclic) bond motifs is 2. The van der Waals surface area contributed by atoms with E-state index in [1.165, 1.54) is 12.8 Å². The van der Waals surface area contributed by atoms with Gasteiger partial charge in [0.05, 0.1) is 6.61 Å². The van der Waals surface area contributed by atoms with E-state index in [0.717, 1.165) is 18.4 Å². The fourth-order valence-corrected chi connectivity index (χ4v) is 3.82. The maximum absolute atomic E-state index is 12.7. The molecule has 0 amide bonds. The Morgan fingerprint density at radius 3 is 2.35 bits per heavy atom. The predicted octanol–water partition coefficient (Wildman–Crippen LogP) is 2.53. The van der Waals surface area contributed by atoms with Gasteiger partial charge in [-0.25, -0.2) is 0 Å². The number of esters is 1. The molecule has 0 aromatic heterocycles. The van der Waals surface area contributed by atoms with Crippen LogP contribution < -0.4 is 0 Å². The first kappa shape index (κ1) is 18.2. The number of benzene rings is 1. The zero-order chi connectivity index (χ0) is 15.7. The molecule has 23 heavy (non-hydrogen) atoms. The molecule has 2 unspecified atom stereocenters. The number of aliphatic hydroxyl groups is 1. The summed E-state index contributed by atoms with van der Waals surface area (Å²) in [6.45, 7) is 1.52. The van der Waals surface area contributed by atoms with Crippen LogP contribution in [-0.4, -0.2) is 47.8 Å². The molecule has 0 spiro atoms. The zero-order valence-electron chi connectivity index (χ0n) is 13.8. The summed E-state index contributed by atoms with van der Waals surface area (Å²) in [5, 5.41) is 9.79. The number of halogens is 1. The lowest BCUT2D eigenvalue weighted by atomic mass is 9.83. The number of hydrogen-bond acceptors (Lipinski definition) is 4. The minimum Gasteiger partial charge on any atom is -0.462 e.